The zero-order valence-electron chi connectivity index (χ0n) is 14.6. The molecule has 130 valence electrons. The summed E-state index contributed by atoms with van der Waals surface area (Å²) in [5.41, 5.74) is -0.297. The Bertz CT molecular complexity index is 536. The molecular formula is C16H26N2O4S. The Kier molecular flexibility index (Phi) is 7.00. The number of nitrogens with zero attached hydrogens (tertiary/aromatic N) is 1. The first kappa shape index (κ1) is 19.4. The number of rotatable bonds is 6. The minimum atomic E-state index is -0.566. The number of nitrogens with one attached hydrogen (secondary N) is 1. The van der Waals surface area contributed by atoms with Gasteiger partial charge in [-0.3, -0.25) is 0 Å². The van der Waals surface area contributed by atoms with Crippen LogP contribution in [-0.2, 0) is 9.47 Å². The van der Waals surface area contributed by atoms with Gasteiger partial charge in [0.1, 0.15) is 10.6 Å². The summed E-state index contributed by atoms with van der Waals surface area (Å²) < 4.78 is 10.3. The van der Waals surface area contributed by atoms with Gasteiger partial charge in [0, 0.05) is 5.38 Å². The fourth-order valence-corrected chi connectivity index (χ4v) is 2.82. The smallest absolute Gasteiger partial charge is 0.408 e. The second-order valence-corrected chi connectivity index (χ2v) is 7.19. The predicted molar refractivity (Wildman–Crippen MR) is 89.6 cm³/mol. The van der Waals surface area contributed by atoms with Gasteiger partial charge in [0.15, 0.2) is 5.69 Å². The lowest BCUT2D eigenvalue weighted by molar-refractivity contribution is 0.0486. The van der Waals surface area contributed by atoms with Crippen LogP contribution in [0.1, 0.15) is 69.5 Å². The molecule has 0 aliphatic carbocycles. The maximum atomic E-state index is 12.1. The van der Waals surface area contributed by atoms with Gasteiger partial charge in [0.25, 0.3) is 0 Å². The third-order valence-corrected chi connectivity index (χ3v) is 4.09. The first-order valence-corrected chi connectivity index (χ1v) is 8.68. The maximum Gasteiger partial charge on any atom is 0.408 e. The monoisotopic (exact) mass is 342 g/mol. The second-order valence-electron chi connectivity index (χ2n) is 6.30. The molecule has 1 heterocycles. The SMILES string of the molecule is CCOC(=O)c1csc([C@@H](NC(=O)OC(C)(C)C)[C@@H](C)CC)n1. The van der Waals surface area contributed by atoms with Crippen LogP contribution in [0.2, 0.25) is 0 Å². The molecule has 23 heavy (non-hydrogen) atoms. The Morgan fingerprint density at radius 1 is 1.35 bits per heavy atom. The highest BCUT2D eigenvalue weighted by Crippen LogP contribution is 2.28. The molecule has 0 aromatic carbocycles. The Hall–Kier alpha value is -1.63. The molecule has 6 nitrogen and oxygen atoms in total. The molecule has 0 radical (unpaired) electrons. The van der Waals surface area contributed by atoms with Crippen LogP contribution in [0.5, 0.6) is 0 Å². The Morgan fingerprint density at radius 3 is 2.52 bits per heavy atom. The number of amides is 1. The lowest BCUT2D eigenvalue weighted by Crippen LogP contribution is -2.37. The molecule has 0 aliphatic heterocycles. The van der Waals surface area contributed by atoms with Gasteiger partial charge >= 0.3 is 12.1 Å². The van der Waals surface area contributed by atoms with E-state index in [0.29, 0.717) is 11.6 Å². The molecule has 0 saturated carbocycles. The van der Waals surface area contributed by atoms with E-state index < -0.39 is 17.7 Å². The first-order valence-electron chi connectivity index (χ1n) is 7.80. The van der Waals surface area contributed by atoms with Crippen LogP contribution in [0, 0.1) is 5.92 Å². The van der Waals surface area contributed by atoms with Crippen molar-refractivity contribution in [3.8, 4) is 0 Å². The van der Waals surface area contributed by atoms with Crippen molar-refractivity contribution in [1.82, 2.24) is 10.3 Å². The van der Waals surface area contributed by atoms with Gasteiger partial charge < -0.3 is 14.8 Å². The van der Waals surface area contributed by atoms with Crippen LogP contribution in [-0.4, -0.2) is 29.3 Å². The number of esters is 1. The Morgan fingerprint density at radius 2 is 2.00 bits per heavy atom. The number of carbonyl (C=O) groups is 2. The summed E-state index contributed by atoms with van der Waals surface area (Å²) in [5.74, 6) is -0.293. The van der Waals surface area contributed by atoms with Crippen molar-refractivity contribution < 1.29 is 19.1 Å². The minimum absolute atomic E-state index is 0.156. The van der Waals surface area contributed by atoms with Crippen molar-refractivity contribution >= 4 is 23.4 Å². The first-order chi connectivity index (χ1) is 10.7. The largest absolute Gasteiger partial charge is 0.461 e. The summed E-state index contributed by atoms with van der Waals surface area (Å²) in [6, 6.07) is -0.303. The molecule has 0 spiro atoms. The van der Waals surface area contributed by atoms with Crippen LogP contribution in [0.3, 0.4) is 0 Å². The van der Waals surface area contributed by atoms with Crippen molar-refractivity contribution in [2.75, 3.05) is 6.61 Å². The zero-order valence-corrected chi connectivity index (χ0v) is 15.5. The number of hydrogen-bond donors (Lipinski definition) is 1. The average molecular weight is 342 g/mol. The summed E-state index contributed by atoms with van der Waals surface area (Å²) in [7, 11) is 0. The maximum absolute atomic E-state index is 12.1. The third-order valence-electron chi connectivity index (χ3n) is 3.16. The zero-order chi connectivity index (χ0) is 17.6. The van der Waals surface area contributed by atoms with E-state index in [1.165, 1.54) is 11.3 Å². The average Bonchev–Trinajstić information content (AvgIpc) is 2.92. The van der Waals surface area contributed by atoms with Crippen molar-refractivity contribution in [3.05, 3.63) is 16.1 Å². The fourth-order valence-electron chi connectivity index (χ4n) is 1.85. The van der Waals surface area contributed by atoms with E-state index >= 15 is 0 Å². The Labute approximate surface area is 141 Å². The number of hydrogen-bond acceptors (Lipinski definition) is 6. The molecule has 1 rings (SSSR count). The van der Waals surface area contributed by atoms with Gasteiger partial charge in [0.2, 0.25) is 0 Å². The summed E-state index contributed by atoms with van der Waals surface area (Å²) >= 11 is 1.33. The lowest BCUT2D eigenvalue weighted by atomic mass is 10.00. The number of carbonyl (C=O) groups excluding carboxylic acids is 2. The summed E-state index contributed by atoms with van der Waals surface area (Å²) in [6.07, 6.45) is 0.366. The lowest BCUT2D eigenvalue weighted by Gasteiger charge is -2.25. The molecule has 0 unspecified atom stereocenters. The number of alkyl carbamates (subject to hydrolysis) is 1. The van der Waals surface area contributed by atoms with E-state index in [1.807, 2.05) is 34.6 Å². The van der Waals surface area contributed by atoms with Gasteiger partial charge in [-0.1, -0.05) is 20.3 Å². The molecule has 0 fully saturated rings. The highest BCUT2D eigenvalue weighted by molar-refractivity contribution is 7.09. The standard InChI is InChI=1S/C16H26N2O4S/c1-7-10(3)12(18-15(20)22-16(4,5)6)13-17-11(9-23-13)14(19)21-8-2/h9-10,12H,7-8H2,1-6H3,(H,18,20)/t10-,12-/m0/s1. The molecule has 2 atom stereocenters. The Balaban J connectivity index is 2.90. The van der Waals surface area contributed by atoms with E-state index in [1.54, 1.807) is 12.3 Å². The molecule has 1 amide bonds. The van der Waals surface area contributed by atoms with Gasteiger partial charge in [-0.05, 0) is 33.6 Å². The molecule has 1 N–H and O–H groups in total. The van der Waals surface area contributed by atoms with Gasteiger partial charge in [-0.25, -0.2) is 14.6 Å². The highest BCUT2D eigenvalue weighted by atomic mass is 32.1. The van der Waals surface area contributed by atoms with Crippen molar-refractivity contribution in [2.24, 2.45) is 5.92 Å². The van der Waals surface area contributed by atoms with Crippen molar-refractivity contribution in [3.63, 3.8) is 0 Å². The van der Waals surface area contributed by atoms with Gasteiger partial charge in [-0.15, -0.1) is 11.3 Å². The normalized spacial score (nSPS) is 14.0. The summed E-state index contributed by atoms with van der Waals surface area (Å²) in [6.45, 7) is 11.5. The quantitative estimate of drug-likeness (QED) is 0.793. The fraction of sp³-hybridized carbons (Fsp3) is 0.688. The second kappa shape index (κ2) is 8.29. The number of ether oxygens (including phenoxy) is 2. The van der Waals surface area contributed by atoms with E-state index in [-0.39, 0.29) is 17.7 Å². The van der Waals surface area contributed by atoms with E-state index in [4.69, 9.17) is 9.47 Å². The van der Waals surface area contributed by atoms with E-state index in [0.717, 1.165) is 6.42 Å². The molecule has 0 aliphatic rings. The van der Waals surface area contributed by atoms with Crippen LogP contribution in [0.15, 0.2) is 5.38 Å². The van der Waals surface area contributed by atoms with Crippen LogP contribution < -0.4 is 5.32 Å². The molecule has 7 heteroatoms. The third kappa shape index (κ3) is 6.17. The summed E-state index contributed by atoms with van der Waals surface area (Å²) in [4.78, 5) is 28.1. The molecule has 1 aromatic heterocycles. The predicted octanol–water partition coefficient (Wildman–Crippen LogP) is 3.93. The van der Waals surface area contributed by atoms with Crippen LogP contribution >= 0.6 is 11.3 Å². The minimum Gasteiger partial charge on any atom is -0.461 e. The van der Waals surface area contributed by atoms with Crippen molar-refractivity contribution in [1.29, 1.82) is 0 Å². The molecule has 0 bridgehead atoms. The highest BCUT2D eigenvalue weighted by Gasteiger charge is 2.27. The van der Waals surface area contributed by atoms with Crippen LogP contribution in [0.25, 0.3) is 0 Å². The van der Waals surface area contributed by atoms with Gasteiger partial charge in [-0.2, -0.15) is 0 Å². The molecule has 0 saturated heterocycles. The molecule has 1 aromatic rings. The molecular weight excluding hydrogens is 316 g/mol. The number of thiazole rings is 1. The van der Waals surface area contributed by atoms with Crippen molar-refractivity contribution in [2.45, 2.75) is 59.6 Å². The number of aromatic nitrogens is 1. The van der Waals surface area contributed by atoms with E-state index in [2.05, 4.69) is 10.3 Å². The van der Waals surface area contributed by atoms with Crippen LogP contribution in [0.4, 0.5) is 4.79 Å². The topological polar surface area (TPSA) is 77.5 Å². The van der Waals surface area contributed by atoms with E-state index in [9.17, 15) is 9.59 Å². The summed E-state index contributed by atoms with van der Waals surface area (Å²) in [5, 5.41) is 5.19. The van der Waals surface area contributed by atoms with Gasteiger partial charge in [0.05, 0.1) is 12.6 Å².